The van der Waals surface area contributed by atoms with Gasteiger partial charge in [-0.25, -0.2) is 4.98 Å². The average Bonchev–Trinajstić information content (AvgIpc) is 2.90. The molecule has 0 aromatic carbocycles. The number of nitrogens with one attached hydrogen (secondary N) is 2. The molecule has 0 radical (unpaired) electrons. The Labute approximate surface area is 101 Å². The summed E-state index contributed by atoms with van der Waals surface area (Å²) in [5, 5.41) is 6.28. The summed E-state index contributed by atoms with van der Waals surface area (Å²) in [4.78, 5) is 16.4. The minimum atomic E-state index is -0.0175. The smallest absolute Gasteiger partial charge is 0.242 e. The van der Waals surface area contributed by atoms with Crippen LogP contribution in [0.4, 0.5) is 5.82 Å². The van der Waals surface area contributed by atoms with Gasteiger partial charge in [-0.3, -0.25) is 4.79 Å². The highest BCUT2D eigenvalue weighted by Crippen LogP contribution is 2.35. The molecule has 2 aliphatic rings. The number of anilines is 1. The van der Waals surface area contributed by atoms with E-state index in [-0.39, 0.29) is 11.9 Å². The van der Waals surface area contributed by atoms with E-state index < -0.39 is 0 Å². The lowest BCUT2D eigenvalue weighted by Gasteiger charge is -2.21. The third-order valence-corrected chi connectivity index (χ3v) is 3.78. The predicted octanol–water partition coefficient (Wildman–Crippen LogP) is 1.47. The third kappa shape index (κ3) is 2.05. The van der Waals surface area contributed by atoms with Crippen LogP contribution in [0.3, 0.4) is 0 Å². The molecule has 1 aliphatic carbocycles. The fraction of sp³-hybridized carbons (Fsp3) is 0.538. The van der Waals surface area contributed by atoms with E-state index >= 15 is 0 Å². The van der Waals surface area contributed by atoms with Crippen molar-refractivity contribution in [1.29, 1.82) is 0 Å². The van der Waals surface area contributed by atoms with E-state index in [0.717, 1.165) is 12.1 Å². The Hall–Kier alpha value is -1.42. The Bertz CT molecular complexity index is 446. The summed E-state index contributed by atoms with van der Waals surface area (Å²) in [6.07, 6.45) is 3.55. The zero-order valence-corrected chi connectivity index (χ0v) is 9.94. The van der Waals surface area contributed by atoms with Crippen LogP contribution in [0.15, 0.2) is 18.2 Å². The van der Waals surface area contributed by atoms with Crippen molar-refractivity contribution in [3.8, 4) is 0 Å². The van der Waals surface area contributed by atoms with Gasteiger partial charge in [0.1, 0.15) is 5.82 Å². The van der Waals surface area contributed by atoms with Crippen LogP contribution < -0.4 is 10.6 Å². The van der Waals surface area contributed by atoms with Gasteiger partial charge >= 0.3 is 0 Å². The van der Waals surface area contributed by atoms with Crippen LogP contribution >= 0.6 is 0 Å². The first-order chi connectivity index (χ1) is 8.22. The minimum Gasteiger partial charge on any atom is -0.309 e. The fourth-order valence-electron chi connectivity index (χ4n) is 2.97. The zero-order valence-electron chi connectivity index (χ0n) is 9.94. The molecule has 4 heteroatoms. The number of hydrogen-bond acceptors (Lipinski definition) is 3. The van der Waals surface area contributed by atoms with Crippen LogP contribution in [0.1, 0.15) is 25.0 Å². The summed E-state index contributed by atoms with van der Waals surface area (Å²) < 4.78 is 0. The standard InChI is InChI=1S/C13H17N3O/c1-8-3-2-4-11(14-8)16-13(17)12-9-5-6-10(7-9)15-12/h2-4,9-10,12,15H,5-7H2,1H3,(H,14,16,17). The number of aryl methyl sites for hydroxylation is 1. The second-order valence-electron chi connectivity index (χ2n) is 5.07. The van der Waals surface area contributed by atoms with Crippen LogP contribution in [0.25, 0.3) is 0 Å². The first-order valence-corrected chi connectivity index (χ1v) is 6.23. The van der Waals surface area contributed by atoms with Crippen LogP contribution in [0.5, 0.6) is 0 Å². The number of hydrogen-bond donors (Lipinski definition) is 2. The molecule has 2 bridgehead atoms. The monoisotopic (exact) mass is 231 g/mol. The molecular weight excluding hydrogens is 214 g/mol. The highest BCUT2D eigenvalue weighted by molar-refractivity contribution is 5.94. The molecule has 1 aromatic rings. The Morgan fingerprint density at radius 2 is 2.35 bits per heavy atom. The second kappa shape index (κ2) is 4.11. The number of fused-ring (bicyclic) bond motifs is 2. The maximum absolute atomic E-state index is 12.1. The topological polar surface area (TPSA) is 54.0 Å². The first kappa shape index (κ1) is 10.7. The van der Waals surface area contributed by atoms with Crippen LogP contribution in [-0.2, 0) is 4.79 Å². The van der Waals surface area contributed by atoms with Crippen molar-refractivity contribution in [1.82, 2.24) is 10.3 Å². The molecule has 4 nitrogen and oxygen atoms in total. The Morgan fingerprint density at radius 1 is 1.47 bits per heavy atom. The quantitative estimate of drug-likeness (QED) is 0.810. The average molecular weight is 231 g/mol. The predicted molar refractivity (Wildman–Crippen MR) is 65.7 cm³/mol. The third-order valence-electron chi connectivity index (χ3n) is 3.78. The number of pyridine rings is 1. The summed E-state index contributed by atoms with van der Waals surface area (Å²) in [7, 11) is 0. The van der Waals surface area contributed by atoms with Gasteiger partial charge in [0.15, 0.2) is 0 Å². The van der Waals surface area contributed by atoms with Crippen molar-refractivity contribution in [2.24, 2.45) is 5.92 Å². The van der Waals surface area contributed by atoms with E-state index in [4.69, 9.17) is 0 Å². The normalized spacial score (nSPS) is 30.5. The van der Waals surface area contributed by atoms with Crippen molar-refractivity contribution in [3.05, 3.63) is 23.9 Å². The van der Waals surface area contributed by atoms with E-state index in [2.05, 4.69) is 15.6 Å². The lowest BCUT2D eigenvalue weighted by molar-refractivity contribution is -0.119. The summed E-state index contributed by atoms with van der Waals surface area (Å²) in [5.74, 6) is 1.24. The van der Waals surface area contributed by atoms with Gasteiger partial charge in [-0.1, -0.05) is 6.07 Å². The summed E-state index contributed by atoms with van der Waals surface area (Å²) >= 11 is 0. The van der Waals surface area contributed by atoms with Gasteiger partial charge in [-0.15, -0.1) is 0 Å². The zero-order chi connectivity index (χ0) is 11.8. The molecule has 2 fully saturated rings. The van der Waals surface area contributed by atoms with E-state index in [1.54, 1.807) is 0 Å². The van der Waals surface area contributed by atoms with Gasteiger partial charge in [0.25, 0.3) is 0 Å². The highest BCUT2D eigenvalue weighted by atomic mass is 16.2. The number of amides is 1. The molecule has 3 atom stereocenters. The number of aromatic nitrogens is 1. The lowest BCUT2D eigenvalue weighted by atomic mass is 9.99. The van der Waals surface area contributed by atoms with Crippen LogP contribution in [0, 0.1) is 12.8 Å². The maximum atomic E-state index is 12.1. The van der Waals surface area contributed by atoms with Gasteiger partial charge in [0.2, 0.25) is 5.91 Å². The number of piperidine rings is 1. The summed E-state index contributed by atoms with van der Waals surface area (Å²) in [5.41, 5.74) is 0.920. The number of carbonyl (C=O) groups is 1. The Balaban J connectivity index is 1.68. The van der Waals surface area contributed by atoms with Gasteiger partial charge in [0, 0.05) is 11.7 Å². The molecule has 1 amide bonds. The number of carbonyl (C=O) groups excluding carboxylic acids is 1. The summed E-state index contributed by atoms with van der Waals surface area (Å²) in [6, 6.07) is 6.20. The van der Waals surface area contributed by atoms with E-state index in [1.807, 2.05) is 25.1 Å². The Kier molecular flexibility index (Phi) is 2.59. The molecule has 90 valence electrons. The summed E-state index contributed by atoms with van der Waals surface area (Å²) in [6.45, 7) is 1.92. The highest BCUT2D eigenvalue weighted by Gasteiger charge is 2.42. The molecule has 1 saturated carbocycles. The van der Waals surface area contributed by atoms with Gasteiger partial charge < -0.3 is 10.6 Å². The van der Waals surface area contributed by atoms with Crippen molar-refractivity contribution < 1.29 is 4.79 Å². The number of rotatable bonds is 2. The fourth-order valence-corrected chi connectivity index (χ4v) is 2.97. The van der Waals surface area contributed by atoms with E-state index in [0.29, 0.717) is 17.8 Å². The SMILES string of the molecule is Cc1cccc(NC(=O)C2NC3CCC2C3)n1. The van der Waals surface area contributed by atoms with Crippen molar-refractivity contribution in [2.75, 3.05) is 5.32 Å². The number of nitrogens with zero attached hydrogens (tertiary/aromatic N) is 1. The van der Waals surface area contributed by atoms with Gasteiger partial charge in [-0.05, 0) is 44.2 Å². The largest absolute Gasteiger partial charge is 0.309 e. The molecule has 3 rings (SSSR count). The lowest BCUT2D eigenvalue weighted by Crippen LogP contribution is -2.44. The molecule has 1 aliphatic heterocycles. The van der Waals surface area contributed by atoms with Crippen molar-refractivity contribution >= 4 is 11.7 Å². The van der Waals surface area contributed by atoms with E-state index in [1.165, 1.54) is 12.8 Å². The maximum Gasteiger partial charge on any atom is 0.242 e. The Morgan fingerprint density at radius 3 is 3.00 bits per heavy atom. The first-order valence-electron chi connectivity index (χ1n) is 6.23. The van der Waals surface area contributed by atoms with Crippen LogP contribution in [-0.4, -0.2) is 23.0 Å². The molecule has 0 spiro atoms. The molecular formula is C13H17N3O. The molecule has 17 heavy (non-hydrogen) atoms. The van der Waals surface area contributed by atoms with E-state index in [9.17, 15) is 4.79 Å². The van der Waals surface area contributed by atoms with Gasteiger partial charge in [0.05, 0.1) is 6.04 Å². The molecule has 3 unspecified atom stereocenters. The van der Waals surface area contributed by atoms with Crippen LogP contribution in [0.2, 0.25) is 0 Å². The van der Waals surface area contributed by atoms with Gasteiger partial charge in [-0.2, -0.15) is 0 Å². The second-order valence-corrected chi connectivity index (χ2v) is 5.07. The molecule has 2 N–H and O–H groups in total. The molecule has 1 saturated heterocycles. The molecule has 2 heterocycles. The molecule has 1 aromatic heterocycles. The minimum absolute atomic E-state index is 0.0175. The van der Waals surface area contributed by atoms with Crippen molar-refractivity contribution in [2.45, 2.75) is 38.3 Å². The van der Waals surface area contributed by atoms with Crippen molar-refractivity contribution in [3.63, 3.8) is 0 Å².